The van der Waals surface area contributed by atoms with Crippen molar-refractivity contribution in [3.05, 3.63) is 41.5 Å². The Balaban J connectivity index is 1.75. The smallest absolute Gasteiger partial charge is 0.335 e. The van der Waals surface area contributed by atoms with Crippen molar-refractivity contribution in [3.63, 3.8) is 0 Å². The number of allylic oxidation sites excluding steroid dienone is 1. The lowest BCUT2D eigenvalue weighted by Crippen LogP contribution is -2.47. The van der Waals surface area contributed by atoms with E-state index in [4.69, 9.17) is 14.6 Å². The van der Waals surface area contributed by atoms with Crippen LogP contribution in [0.2, 0.25) is 0 Å². The fraction of sp³-hybridized carbons (Fsp3) is 0.571. The largest absolute Gasteiger partial charge is 0.484 e. The second-order valence-corrected chi connectivity index (χ2v) is 7.94. The molecule has 148 valence electrons. The fourth-order valence-electron chi connectivity index (χ4n) is 3.97. The van der Waals surface area contributed by atoms with Gasteiger partial charge >= 0.3 is 5.97 Å². The molecular formula is C21H28O6. The molecule has 3 N–H and O–H groups in total. The lowest BCUT2D eigenvalue weighted by Gasteiger charge is -2.35. The first kappa shape index (κ1) is 19.9. The predicted molar refractivity (Wildman–Crippen MR) is 100.0 cm³/mol. The molecular weight excluding hydrogens is 348 g/mol. The normalized spacial score (nSPS) is 32.3. The maximum absolute atomic E-state index is 11.2. The summed E-state index contributed by atoms with van der Waals surface area (Å²) in [6.45, 7) is 5.69. The number of fused-ring (bicyclic) bond motifs is 1. The summed E-state index contributed by atoms with van der Waals surface area (Å²) in [6, 6.07) is 4.48. The van der Waals surface area contributed by atoms with Crippen molar-refractivity contribution in [2.75, 3.05) is 0 Å². The lowest BCUT2D eigenvalue weighted by atomic mass is 9.88. The zero-order valence-electron chi connectivity index (χ0n) is 16.0. The number of carbonyl (C=O) groups is 1. The molecule has 6 heteroatoms. The van der Waals surface area contributed by atoms with Gasteiger partial charge in [-0.2, -0.15) is 0 Å². The van der Waals surface area contributed by atoms with E-state index in [1.807, 2.05) is 26.0 Å². The standard InChI is InChI=1S/C21H28O6/c1-4-5-6-10-20(2,25)16-9-11-21(3,27-16)18-17(22)14-12-13(19(23)24)7-8-15(14)26-18/h5-8,12,16-18,22,25H,4,9-11H2,1-3H3,(H,23,24)/b6-5+/t16?,17-,18+,20?,21?/m0/s1. The van der Waals surface area contributed by atoms with Crippen molar-refractivity contribution < 1.29 is 29.6 Å². The Morgan fingerprint density at radius 1 is 1.41 bits per heavy atom. The Kier molecular flexibility index (Phi) is 5.34. The fourth-order valence-corrected chi connectivity index (χ4v) is 3.97. The molecule has 0 radical (unpaired) electrons. The molecule has 27 heavy (non-hydrogen) atoms. The number of ether oxygens (including phenoxy) is 2. The number of carboxylic acids is 1. The first-order chi connectivity index (χ1) is 12.7. The Labute approximate surface area is 159 Å². The minimum absolute atomic E-state index is 0.109. The topological polar surface area (TPSA) is 96.2 Å². The van der Waals surface area contributed by atoms with Gasteiger partial charge in [0.05, 0.1) is 17.3 Å². The number of aliphatic hydroxyl groups excluding tert-OH is 1. The Bertz CT molecular complexity index is 740. The quantitative estimate of drug-likeness (QED) is 0.660. The summed E-state index contributed by atoms with van der Waals surface area (Å²) in [6.07, 6.45) is 4.69. The van der Waals surface area contributed by atoms with Crippen LogP contribution in [0.1, 0.15) is 68.5 Å². The van der Waals surface area contributed by atoms with E-state index < -0.39 is 29.4 Å². The van der Waals surface area contributed by atoms with Gasteiger partial charge in [-0.1, -0.05) is 19.1 Å². The van der Waals surface area contributed by atoms with Crippen molar-refractivity contribution >= 4 is 5.97 Å². The molecule has 1 aromatic carbocycles. The van der Waals surface area contributed by atoms with Gasteiger partial charge in [0.1, 0.15) is 17.5 Å². The van der Waals surface area contributed by atoms with Crippen molar-refractivity contribution in [1.82, 2.24) is 0 Å². The zero-order valence-corrected chi connectivity index (χ0v) is 16.0. The maximum Gasteiger partial charge on any atom is 0.335 e. The highest BCUT2D eigenvalue weighted by molar-refractivity contribution is 5.88. The van der Waals surface area contributed by atoms with Gasteiger partial charge in [0.2, 0.25) is 0 Å². The van der Waals surface area contributed by atoms with Crippen LogP contribution in [0.4, 0.5) is 0 Å². The summed E-state index contributed by atoms with van der Waals surface area (Å²) in [5.41, 5.74) is -1.20. The summed E-state index contributed by atoms with van der Waals surface area (Å²) >= 11 is 0. The zero-order chi connectivity index (χ0) is 19.8. The van der Waals surface area contributed by atoms with E-state index in [-0.39, 0.29) is 11.7 Å². The van der Waals surface area contributed by atoms with Crippen LogP contribution < -0.4 is 4.74 Å². The number of rotatable bonds is 6. The van der Waals surface area contributed by atoms with Crippen LogP contribution in [-0.4, -0.2) is 44.7 Å². The van der Waals surface area contributed by atoms with Crippen LogP contribution in [0, 0.1) is 0 Å². The third-order valence-electron chi connectivity index (χ3n) is 5.66. The summed E-state index contributed by atoms with van der Waals surface area (Å²) in [7, 11) is 0. The lowest BCUT2D eigenvalue weighted by molar-refractivity contribution is -0.164. The molecule has 0 aliphatic carbocycles. The molecule has 6 nitrogen and oxygen atoms in total. The van der Waals surface area contributed by atoms with Gasteiger partial charge < -0.3 is 24.8 Å². The monoisotopic (exact) mass is 376 g/mol. The van der Waals surface area contributed by atoms with Crippen molar-refractivity contribution in [2.24, 2.45) is 0 Å². The summed E-state index contributed by atoms with van der Waals surface area (Å²) in [5, 5.41) is 30.7. The van der Waals surface area contributed by atoms with E-state index in [0.717, 1.165) is 6.42 Å². The molecule has 1 aromatic rings. The number of benzene rings is 1. The van der Waals surface area contributed by atoms with Crippen LogP contribution in [0.25, 0.3) is 0 Å². The summed E-state index contributed by atoms with van der Waals surface area (Å²) < 4.78 is 12.2. The van der Waals surface area contributed by atoms with E-state index in [2.05, 4.69) is 0 Å². The van der Waals surface area contributed by atoms with E-state index in [1.165, 1.54) is 12.1 Å². The van der Waals surface area contributed by atoms with Gasteiger partial charge in [-0.15, -0.1) is 0 Å². The molecule has 0 aromatic heterocycles. The minimum atomic E-state index is -1.05. The van der Waals surface area contributed by atoms with Gasteiger partial charge in [0, 0.05) is 5.56 Å². The summed E-state index contributed by atoms with van der Waals surface area (Å²) in [5.74, 6) is -0.573. The number of carboxylic acid groups (broad SMARTS) is 1. The van der Waals surface area contributed by atoms with Crippen LogP contribution in [-0.2, 0) is 4.74 Å². The van der Waals surface area contributed by atoms with Crippen LogP contribution in [0.5, 0.6) is 5.75 Å². The van der Waals surface area contributed by atoms with Crippen LogP contribution in [0.3, 0.4) is 0 Å². The second-order valence-electron chi connectivity index (χ2n) is 7.94. The summed E-state index contributed by atoms with van der Waals surface area (Å²) in [4.78, 5) is 11.2. The van der Waals surface area contributed by atoms with E-state index in [9.17, 15) is 15.0 Å². The van der Waals surface area contributed by atoms with Gasteiger partial charge in [-0.3, -0.25) is 0 Å². The van der Waals surface area contributed by atoms with E-state index in [0.29, 0.717) is 30.6 Å². The third-order valence-corrected chi connectivity index (χ3v) is 5.66. The Morgan fingerprint density at radius 2 is 2.15 bits per heavy atom. The molecule has 5 atom stereocenters. The SMILES string of the molecule is CC/C=C/CC(C)(O)C1CCC(C)([C@@H]2Oc3ccc(C(=O)O)cc3[C@@H]2O)O1. The molecule has 3 rings (SSSR count). The number of hydrogen-bond donors (Lipinski definition) is 3. The number of hydrogen-bond acceptors (Lipinski definition) is 5. The molecule has 0 bridgehead atoms. The number of aliphatic hydroxyl groups is 2. The van der Waals surface area contributed by atoms with Crippen molar-refractivity contribution in [1.29, 1.82) is 0 Å². The maximum atomic E-state index is 11.2. The minimum Gasteiger partial charge on any atom is -0.484 e. The molecule has 0 amide bonds. The average Bonchev–Trinajstić information content (AvgIpc) is 3.17. The molecule has 2 heterocycles. The van der Waals surface area contributed by atoms with Gasteiger partial charge in [0.15, 0.2) is 6.10 Å². The highest BCUT2D eigenvalue weighted by Gasteiger charge is 2.53. The second kappa shape index (κ2) is 7.26. The molecule has 0 saturated carbocycles. The predicted octanol–water partition coefficient (Wildman–Crippen LogP) is 3.22. The van der Waals surface area contributed by atoms with Crippen molar-refractivity contribution in [2.45, 2.75) is 76.0 Å². The van der Waals surface area contributed by atoms with E-state index in [1.54, 1.807) is 13.0 Å². The van der Waals surface area contributed by atoms with Gasteiger partial charge in [-0.25, -0.2) is 4.79 Å². The van der Waals surface area contributed by atoms with Crippen LogP contribution >= 0.6 is 0 Å². The van der Waals surface area contributed by atoms with Gasteiger partial charge in [-0.05, 0) is 57.7 Å². The molecule has 3 unspecified atom stereocenters. The van der Waals surface area contributed by atoms with E-state index >= 15 is 0 Å². The Morgan fingerprint density at radius 3 is 2.81 bits per heavy atom. The molecule has 0 spiro atoms. The molecule has 1 fully saturated rings. The first-order valence-corrected chi connectivity index (χ1v) is 9.45. The Hall–Kier alpha value is -1.89. The third kappa shape index (κ3) is 3.74. The van der Waals surface area contributed by atoms with Crippen molar-refractivity contribution in [3.8, 4) is 5.75 Å². The number of aromatic carboxylic acids is 1. The molecule has 2 aliphatic rings. The van der Waals surface area contributed by atoms with Gasteiger partial charge in [0.25, 0.3) is 0 Å². The average molecular weight is 376 g/mol. The highest BCUT2D eigenvalue weighted by atomic mass is 16.6. The highest BCUT2D eigenvalue weighted by Crippen LogP contribution is 2.48. The van der Waals surface area contributed by atoms with Crippen LogP contribution in [0.15, 0.2) is 30.4 Å². The molecule has 1 saturated heterocycles. The first-order valence-electron chi connectivity index (χ1n) is 9.45. The molecule has 2 aliphatic heterocycles.